The van der Waals surface area contributed by atoms with E-state index < -0.39 is 10.1 Å². The first-order chi connectivity index (χ1) is 19.3. The molecule has 1 aliphatic carbocycles. The summed E-state index contributed by atoms with van der Waals surface area (Å²) in [6.45, 7) is 4.04. The Morgan fingerprint density at radius 1 is 0.750 bits per heavy atom. The zero-order valence-corrected chi connectivity index (χ0v) is 22.7. The van der Waals surface area contributed by atoms with Gasteiger partial charge in [-0.15, -0.1) is 0 Å². The topological polar surface area (TPSA) is 91.9 Å². The van der Waals surface area contributed by atoms with Gasteiger partial charge >= 0.3 is 0 Å². The molecule has 0 saturated carbocycles. The van der Waals surface area contributed by atoms with E-state index in [9.17, 15) is 13.0 Å². The van der Waals surface area contributed by atoms with Crippen molar-refractivity contribution in [2.24, 2.45) is 4.99 Å². The quantitative estimate of drug-likeness (QED) is 0.169. The molecule has 0 fully saturated rings. The number of fused-ring (bicyclic) bond motifs is 2. The fourth-order valence-electron chi connectivity index (χ4n) is 4.91. The number of hydrogen-bond acceptors (Lipinski definition) is 5. The molecule has 0 amide bonds. The predicted octanol–water partition coefficient (Wildman–Crippen LogP) is 8.04. The Labute approximate surface area is 232 Å². The second kappa shape index (κ2) is 10.1. The first kappa shape index (κ1) is 25.6. The molecule has 0 saturated heterocycles. The fraction of sp³-hybridized carbons (Fsp3) is 0.0606. The lowest BCUT2D eigenvalue weighted by Gasteiger charge is -2.18. The highest BCUT2D eigenvalue weighted by Crippen LogP contribution is 2.43. The summed E-state index contributed by atoms with van der Waals surface area (Å²) >= 11 is 0. The molecule has 4 aromatic carbocycles. The van der Waals surface area contributed by atoms with Crippen LogP contribution in [0.1, 0.15) is 11.1 Å². The van der Waals surface area contributed by atoms with Gasteiger partial charge in [0.2, 0.25) is 0 Å². The highest BCUT2D eigenvalue weighted by molar-refractivity contribution is 7.86. The van der Waals surface area contributed by atoms with Gasteiger partial charge in [0.25, 0.3) is 10.1 Å². The molecule has 2 N–H and O–H groups in total. The summed E-state index contributed by atoms with van der Waals surface area (Å²) in [7, 11) is -4.49. The van der Waals surface area contributed by atoms with Crippen molar-refractivity contribution in [2.45, 2.75) is 18.7 Å². The monoisotopic (exact) mass is 546 g/mol. The predicted molar refractivity (Wildman–Crippen MR) is 159 cm³/mol. The van der Waals surface area contributed by atoms with Crippen molar-refractivity contribution in [3.8, 4) is 22.5 Å². The smallest absolute Gasteiger partial charge is 0.295 e. The van der Waals surface area contributed by atoms with Crippen LogP contribution in [0.25, 0.3) is 33.4 Å². The minimum absolute atomic E-state index is 0.167. The zero-order chi connectivity index (χ0) is 27.9. The summed E-state index contributed by atoms with van der Waals surface area (Å²) in [5.41, 5.74) is 7.08. The third-order valence-corrected chi connectivity index (χ3v) is 7.84. The number of nitrogens with one attached hydrogen (secondary N) is 1. The van der Waals surface area contributed by atoms with Crippen LogP contribution in [0.4, 0.5) is 17.1 Å². The molecule has 7 heteroatoms. The molecule has 4 aromatic rings. The van der Waals surface area contributed by atoms with Crippen LogP contribution in [0.3, 0.4) is 0 Å². The maximum atomic E-state index is 12.4. The molecule has 0 atom stereocenters. The van der Waals surface area contributed by atoms with Gasteiger partial charge in [0.05, 0.1) is 11.0 Å². The normalized spacial score (nSPS) is 12.2. The van der Waals surface area contributed by atoms with Crippen LogP contribution in [0.15, 0.2) is 123 Å². The van der Waals surface area contributed by atoms with E-state index in [4.69, 9.17) is 9.41 Å². The maximum absolute atomic E-state index is 12.4. The molecule has 1 heterocycles. The van der Waals surface area contributed by atoms with Gasteiger partial charge in [-0.05, 0) is 67.4 Å². The van der Waals surface area contributed by atoms with Crippen molar-refractivity contribution < 1.29 is 17.4 Å². The molecule has 0 aromatic heterocycles. The van der Waals surface area contributed by atoms with E-state index in [1.807, 2.05) is 98.8 Å². The fourth-order valence-corrected chi connectivity index (χ4v) is 5.61. The third-order valence-electron chi connectivity index (χ3n) is 6.93. The largest absolute Gasteiger partial charge is 0.456 e. The van der Waals surface area contributed by atoms with Crippen molar-refractivity contribution in [1.29, 1.82) is 0 Å². The first-order valence-electron chi connectivity index (χ1n) is 12.8. The Hall–Kier alpha value is -4.72. The van der Waals surface area contributed by atoms with E-state index in [0.717, 1.165) is 28.2 Å². The lowest BCUT2D eigenvalue weighted by molar-refractivity contribution is 0.483. The molecule has 198 valence electrons. The second-order valence-corrected chi connectivity index (χ2v) is 11.1. The van der Waals surface area contributed by atoms with E-state index in [1.54, 1.807) is 18.2 Å². The van der Waals surface area contributed by atoms with Gasteiger partial charge in [-0.3, -0.25) is 4.55 Å². The van der Waals surface area contributed by atoms with Crippen LogP contribution < -0.4 is 10.7 Å². The Morgan fingerprint density at radius 2 is 1.48 bits per heavy atom. The Kier molecular flexibility index (Phi) is 6.46. The van der Waals surface area contributed by atoms with Gasteiger partial charge in [0.1, 0.15) is 16.2 Å². The Bertz CT molecular complexity index is 2040. The average molecular weight is 547 g/mol. The molecular weight excluding hydrogens is 520 g/mol. The highest BCUT2D eigenvalue weighted by atomic mass is 32.2. The number of para-hydroxylation sites is 2. The van der Waals surface area contributed by atoms with Gasteiger partial charge in [-0.2, -0.15) is 8.42 Å². The van der Waals surface area contributed by atoms with E-state index in [2.05, 4.69) is 5.32 Å². The van der Waals surface area contributed by atoms with Crippen LogP contribution >= 0.6 is 0 Å². The van der Waals surface area contributed by atoms with Crippen LogP contribution in [-0.2, 0) is 10.1 Å². The Balaban J connectivity index is 1.63. The summed E-state index contributed by atoms with van der Waals surface area (Å²) in [5.74, 6) is 0.538. The molecule has 6 rings (SSSR count). The molecule has 2 aliphatic rings. The van der Waals surface area contributed by atoms with E-state index in [-0.39, 0.29) is 4.90 Å². The summed E-state index contributed by atoms with van der Waals surface area (Å²) < 4.78 is 41.3. The maximum Gasteiger partial charge on any atom is 0.295 e. The van der Waals surface area contributed by atoms with Crippen LogP contribution in [-0.4, -0.2) is 13.0 Å². The standard InChI is InChI=1S/C33H26N2O4S/c1-21-9-3-6-12-28(21)34-23-15-17-25-30(19-23)39-31-20-24(35-29-13-7-4-10-22(29)2)16-18-26(31)33(25)27-11-5-8-14-32(27)40(36,37)38/h3-20,34H,1-2H3,(H,36,37,38)/b35-24-. The summed E-state index contributed by atoms with van der Waals surface area (Å²) in [6, 6.07) is 33.6. The molecule has 0 spiro atoms. The lowest BCUT2D eigenvalue weighted by Crippen LogP contribution is -2.05. The minimum Gasteiger partial charge on any atom is -0.456 e. The zero-order valence-electron chi connectivity index (χ0n) is 21.9. The molecular formula is C33H26N2O4S. The number of benzene rings is 5. The number of hydrogen-bond donors (Lipinski definition) is 2. The molecule has 6 nitrogen and oxygen atoms in total. The molecule has 40 heavy (non-hydrogen) atoms. The minimum atomic E-state index is -4.49. The van der Waals surface area contributed by atoms with E-state index in [0.29, 0.717) is 38.8 Å². The molecule has 1 aliphatic heterocycles. The SMILES string of the molecule is Cc1ccccc1/N=c1/ccc2c(-c3ccccc3S(=O)(=O)O)c3ccc(Nc4ccccc4C)cc3oc-2c1. The second-order valence-electron chi connectivity index (χ2n) is 9.68. The number of nitrogens with zero attached hydrogens (tertiary/aromatic N) is 1. The van der Waals surface area contributed by atoms with Crippen molar-refractivity contribution in [2.75, 3.05) is 5.32 Å². The van der Waals surface area contributed by atoms with Crippen molar-refractivity contribution >= 4 is 38.1 Å². The third kappa shape index (κ3) is 4.88. The van der Waals surface area contributed by atoms with Crippen LogP contribution in [0.5, 0.6) is 0 Å². The van der Waals surface area contributed by atoms with Gasteiger partial charge in [0.15, 0.2) is 0 Å². The Morgan fingerprint density at radius 3 is 2.25 bits per heavy atom. The van der Waals surface area contributed by atoms with Crippen molar-refractivity contribution in [1.82, 2.24) is 0 Å². The average Bonchev–Trinajstić information content (AvgIpc) is 2.94. The molecule has 0 radical (unpaired) electrons. The van der Waals surface area contributed by atoms with Crippen molar-refractivity contribution in [3.05, 3.63) is 126 Å². The first-order valence-corrected chi connectivity index (χ1v) is 14.2. The summed E-state index contributed by atoms with van der Waals surface area (Å²) in [5, 5.41) is 4.86. The number of anilines is 2. The summed E-state index contributed by atoms with van der Waals surface area (Å²) in [6.07, 6.45) is 0. The molecule has 0 unspecified atom stereocenters. The van der Waals surface area contributed by atoms with Crippen LogP contribution in [0.2, 0.25) is 0 Å². The van der Waals surface area contributed by atoms with Gasteiger partial charge in [-0.25, -0.2) is 4.99 Å². The molecule has 0 bridgehead atoms. The van der Waals surface area contributed by atoms with E-state index >= 15 is 0 Å². The van der Waals surface area contributed by atoms with Gasteiger partial charge < -0.3 is 9.73 Å². The number of aryl methyl sites for hydroxylation is 2. The highest BCUT2D eigenvalue weighted by Gasteiger charge is 2.23. The van der Waals surface area contributed by atoms with Crippen molar-refractivity contribution in [3.63, 3.8) is 0 Å². The lowest BCUT2D eigenvalue weighted by atomic mass is 9.93. The van der Waals surface area contributed by atoms with Gasteiger partial charge in [-0.1, -0.05) is 54.6 Å². The van der Waals surface area contributed by atoms with Crippen LogP contribution in [0, 0.1) is 13.8 Å². The van der Waals surface area contributed by atoms with Gasteiger partial charge in [0, 0.05) is 45.6 Å². The number of rotatable bonds is 5. The van der Waals surface area contributed by atoms with E-state index in [1.165, 1.54) is 6.07 Å². The summed E-state index contributed by atoms with van der Waals surface area (Å²) in [4.78, 5) is 4.64.